The number of hydrogen-bond donors (Lipinski definition) is 1. The van der Waals surface area contributed by atoms with E-state index in [4.69, 9.17) is 21.3 Å². The van der Waals surface area contributed by atoms with Crippen LogP contribution in [0.15, 0.2) is 36.4 Å². The van der Waals surface area contributed by atoms with Crippen molar-refractivity contribution in [2.45, 2.75) is 66.5 Å². The van der Waals surface area contributed by atoms with E-state index in [9.17, 15) is 4.79 Å². The molecular formula is C26H34ClN3O2. The summed E-state index contributed by atoms with van der Waals surface area (Å²) in [5.74, 6) is 1.85. The lowest BCUT2D eigenvalue weighted by atomic mass is 10.0. The van der Waals surface area contributed by atoms with E-state index in [-0.39, 0.29) is 17.9 Å². The molecule has 3 rings (SSSR count). The summed E-state index contributed by atoms with van der Waals surface area (Å²) in [5.41, 5.74) is 4.05. The van der Waals surface area contributed by atoms with Crippen LogP contribution in [0.5, 0.6) is 5.75 Å². The Morgan fingerprint density at radius 3 is 2.47 bits per heavy atom. The number of benzene rings is 2. The smallest absolute Gasteiger partial charge is 0.223 e. The average molecular weight is 456 g/mol. The molecule has 2 aromatic carbocycles. The van der Waals surface area contributed by atoms with Crippen molar-refractivity contribution >= 4 is 28.5 Å². The van der Waals surface area contributed by atoms with Crippen LogP contribution in [0.25, 0.3) is 11.0 Å². The quantitative estimate of drug-likeness (QED) is 0.360. The number of nitrogens with one attached hydrogen (secondary N) is 1. The summed E-state index contributed by atoms with van der Waals surface area (Å²) >= 11 is 6.26. The van der Waals surface area contributed by atoms with Gasteiger partial charge in [-0.2, -0.15) is 0 Å². The van der Waals surface area contributed by atoms with Crippen molar-refractivity contribution in [3.05, 3.63) is 58.4 Å². The zero-order valence-corrected chi connectivity index (χ0v) is 20.5. The van der Waals surface area contributed by atoms with Crippen LogP contribution in [0.1, 0.15) is 63.0 Å². The van der Waals surface area contributed by atoms with E-state index in [1.807, 2.05) is 51.1 Å². The van der Waals surface area contributed by atoms with E-state index in [2.05, 4.69) is 29.8 Å². The first-order valence-corrected chi connectivity index (χ1v) is 11.9. The molecule has 172 valence electrons. The maximum Gasteiger partial charge on any atom is 0.223 e. The first-order valence-electron chi connectivity index (χ1n) is 11.5. The number of carbonyl (C=O) groups excluding carboxylic acids is 1. The van der Waals surface area contributed by atoms with E-state index in [1.54, 1.807) is 0 Å². The summed E-state index contributed by atoms with van der Waals surface area (Å²) in [6.45, 7) is 11.4. The summed E-state index contributed by atoms with van der Waals surface area (Å²) < 4.78 is 8.20. The predicted molar refractivity (Wildman–Crippen MR) is 131 cm³/mol. The standard InChI is InChI=1S/C26H34ClN3O2/c1-6-20(7-2)26(31)28-19(5)25-29-22-11-8-9-12-23(22)30(25)13-10-14-32-21-15-17(3)24(27)18(4)16-21/h8-9,11-12,15-16,19-20H,6-7,10,13-14H2,1-5H3,(H,28,31). The van der Waals surface area contributed by atoms with Crippen LogP contribution in [-0.4, -0.2) is 22.1 Å². The highest BCUT2D eigenvalue weighted by atomic mass is 35.5. The van der Waals surface area contributed by atoms with E-state index in [0.29, 0.717) is 6.61 Å². The molecule has 0 aliphatic heterocycles. The van der Waals surface area contributed by atoms with Gasteiger partial charge in [0.1, 0.15) is 11.6 Å². The minimum atomic E-state index is -0.169. The van der Waals surface area contributed by atoms with Crippen LogP contribution in [0, 0.1) is 19.8 Å². The molecule has 5 nitrogen and oxygen atoms in total. The highest BCUT2D eigenvalue weighted by Gasteiger charge is 2.21. The maximum absolute atomic E-state index is 12.6. The van der Waals surface area contributed by atoms with E-state index in [1.165, 1.54) is 0 Å². The van der Waals surface area contributed by atoms with Crippen molar-refractivity contribution in [2.75, 3.05) is 6.61 Å². The van der Waals surface area contributed by atoms with E-state index in [0.717, 1.165) is 64.6 Å². The number of aryl methyl sites for hydroxylation is 3. The number of amides is 1. The number of carbonyl (C=O) groups is 1. The number of nitrogens with zero attached hydrogens (tertiary/aromatic N) is 2. The van der Waals surface area contributed by atoms with Gasteiger partial charge in [0.25, 0.3) is 0 Å². The molecule has 0 bridgehead atoms. The Kier molecular flexibility index (Phi) is 8.19. The Morgan fingerprint density at radius 2 is 1.81 bits per heavy atom. The second-order valence-corrected chi connectivity index (χ2v) is 8.81. The summed E-state index contributed by atoms with van der Waals surface area (Å²) in [4.78, 5) is 17.5. The van der Waals surface area contributed by atoms with Crippen molar-refractivity contribution in [1.29, 1.82) is 0 Å². The summed E-state index contributed by atoms with van der Waals surface area (Å²) in [7, 11) is 0. The van der Waals surface area contributed by atoms with Gasteiger partial charge >= 0.3 is 0 Å². The molecule has 1 aromatic heterocycles. The second kappa shape index (κ2) is 10.9. The van der Waals surface area contributed by atoms with Crippen molar-refractivity contribution in [3.63, 3.8) is 0 Å². The number of rotatable bonds is 10. The van der Waals surface area contributed by atoms with Crippen LogP contribution in [0.2, 0.25) is 5.02 Å². The lowest BCUT2D eigenvalue weighted by molar-refractivity contribution is -0.125. The second-order valence-electron chi connectivity index (χ2n) is 8.43. The first-order chi connectivity index (χ1) is 15.3. The molecule has 0 saturated heterocycles. The average Bonchev–Trinajstić information content (AvgIpc) is 3.14. The van der Waals surface area contributed by atoms with Gasteiger partial charge in [0.05, 0.1) is 23.7 Å². The normalized spacial score (nSPS) is 12.3. The summed E-state index contributed by atoms with van der Waals surface area (Å²) in [6, 6.07) is 11.9. The number of fused-ring (bicyclic) bond motifs is 1. The molecule has 6 heteroatoms. The predicted octanol–water partition coefficient (Wildman–Crippen LogP) is 6.39. The van der Waals surface area contributed by atoms with E-state index >= 15 is 0 Å². The molecule has 0 saturated carbocycles. The molecule has 1 N–H and O–H groups in total. The summed E-state index contributed by atoms with van der Waals surface area (Å²) in [6.07, 6.45) is 2.50. The molecule has 0 aliphatic carbocycles. The Hall–Kier alpha value is -2.53. The molecule has 1 amide bonds. The topological polar surface area (TPSA) is 56.2 Å². The van der Waals surface area contributed by atoms with Gasteiger partial charge in [-0.05, 0) is 75.4 Å². The Morgan fingerprint density at radius 1 is 1.16 bits per heavy atom. The van der Waals surface area contributed by atoms with Crippen molar-refractivity contribution in [3.8, 4) is 5.75 Å². The lowest BCUT2D eigenvalue weighted by Crippen LogP contribution is -2.33. The Labute approximate surface area is 196 Å². The van der Waals surface area contributed by atoms with Gasteiger partial charge in [-0.15, -0.1) is 0 Å². The van der Waals surface area contributed by atoms with Crippen LogP contribution < -0.4 is 10.1 Å². The number of ether oxygens (including phenoxy) is 1. The lowest BCUT2D eigenvalue weighted by Gasteiger charge is -2.19. The largest absolute Gasteiger partial charge is 0.494 e. The van der Waals surface area contributed by atoms with Crippen molar-refractivity contribution in [2.24, 2.45) is 5.92 Å². The molecule has 1 heterocycles. The number of aromatic nitrogens is 2. The van der Waals surface area contributed by atoms with Crippen molar-refractivity contribution in [1.82, 2.24) is 14.9 Å². The molecule has 0 fully saturated rings. The summed E-state index contributed by atoms with van der Waals surface area (Å²) in [5, 5.41) is 3.96. The molecule has 32 heavy (non-hydrogen) atoms. The highest BCUT2D eigenvalue weighted by molar-refractivity contribution is 6.32. The monoisotopic (exact) mass is 455 g/mol. The van der Waals surface area contributed by atoms with Gasteiger partial charge in [-0.1, -0.05) is 37.6 Å². The van der Waals surface area contributed by atoms with Gasteiger partial charge < -0.3 is 14.6 Å². The van der Waals surface area contributed by atoms with Gasteiger partial charge in [0.2, 0.25) is 5.91 Å². The Balaban J connectivity index is 1.72. The number of halogens is 1. The van der Waals surface area contributed by atoms with Gasteiger partial charge in [0.15, 0.2) is 0 Å². The number of para-hydroxylation sites is 2. The highest BCUT2D eigenvalue weighted by Crippen LogP contribution is 2.26. The minimum Gasteiger partial charge on any atom is -0.494 e. The molecule has 1 unspecified atom stereocenters. The molecule has 1 atom stereocenters. The molecule has 0 spiro atoms. The third-order valence-electron chi connectivity index (χ3n) is 5.99. The van der Waals surface area contributed by atoms with Crippen molar-refractivity contribution < 1.29 is 9.53 Å². The van der Waals surface area contributed by atoms with Gasteiger partial charge in [-0.25, -0.2) is 4.98 Å². The van der Waals surface area contributed by atoms with Crippen LogP contribution >= 0.6 is 11.6 Å². The van der Waals surface area contributed by atoms with Crippen LogP contribution in [0.3, 0.4) is 0 Å². The zero-order valence-electron chi connectivity index (χ0n) is 19.7. The SMILES string of the molecule is CCC(CC)C(=O)NC(C)c1nc2ccccc2n1CCCOc1cc(C)c(Cl)c(C)c1. The first kappa shape index (κ1) is 24.1. The molecular weight excluding hydrogens is 422 g/mol. The van der Waals surface area contributed by atoms with Gasteiger partial charge in [-0.3, -0.25) is 4.79 Å². The Bertz CT molecular complexity index is 1050. The van der Waals surface area contributed by atoms with Gasteiger partial charge in [0, 0.05) is 17.5 Å². The van der Waals surface area contributed by atoms with Crippen LogP contribution in [0.4, 0.5) is 0 Å². The fraction of sp³-hybridized carbons (Fsp3) is 0.462. The fourth-order valence-corrected chi connectivity index (χ4v) is 4.23. The fourth-order valence-electron chi connectivity index (χ4n) is 4.12. The molecule has 0 radical (unpaired) electrons. The molecule has 3 aromatic rings. The maximum atomic E-state index is 12.6. The van der Waals surface area contributed by atoms with Crippen LogP contribution in [-0.2, 0) is 11.3 Å². The minimum absolute atomic E-state index is 0.0370. The van der Waals surface area contributed by atoms with E-state index < -0.39 is 0 Å². The number of imidazole rings is 1. The number of hydrogen-bond acceptors (Lipinski definition) is 3. The zero-order chi connectivity index (χ0) is 23.3. The third-order valence-corrected chi connectivity index (χ3v) is 6.59. The third kappa shape index (κ3) is 5.44. The molecule has 0 aliphatic rings.